The van der Waals surface area contributed by atoms with Gasteiger partial charge in [0, 0.05) is 6.61 Å². The summed E-state index contributed by atoms with van der Waals surface area (Å²) in [5.41, 5.74) is -0.682. The Labute approximate surface area is 80.7 Å². The molecule has 1 unspecified atom stereocenters. The van der Waals surface area contributed by atoms with Crippen LogP contribution in [0.1, 0.15) is 19.3 Å². The molecule has 1 fully saturated rings. The predicted molar refractivity (Wildman–Crippen MR) is 41.8 cm³/mol. The van der Waals surface area contributed by atoms with E-state index in [1.54, 1.807) is 0 Å². The second-order valence-corrected chi connectivity index (χ2v) is 4.04. The number of hydrogen-bond acceptors (Lipinski definition) is 2. The fraction of sp³-hybridized carbons (Fsp3) is 1.00. The molecule has 0 spiro atoms. The van der Waals surface area contributed by atoms with E-state index in [0.717, 1.165) is 36.1 Å². The predicted octanol–water partition coefficient (Wildman–Crippen LogP) is -1.45. The number of aliphatic hydroxyl groups is 1. The summed E-state index contributed by atoms with van der Waals surface area (Å²) < 4.78 is 5.08. The normalized spacial score (nSPS) is 35.7. The van der Waals surface area contributed by atoms with Gasteiger partial charge in [0.25, 0.3) is 0 Å². The summed E-state index contributed by atoms with van der Waals surface area (Å²) in [6.07, 6.45) is 3.09. The molecule has 0 aromatic heterocycles. The Balaban J connectivity index is 0.000000640. The van der Waals surface area contributed by atoms with Gasteiger partial charge in [-0.05, 0) is 19.3 Å². The first-order valence-corrected chi connectivity index (χ1v) is 4.07. The Morgan fingerprint density at radius 3 is 2.33 bits per heavy atom. The number of ether oxygens (including phenoxy) is 1. The summed E-state index contributed by atoms with van der Waals surface area (Å²) in [6, 6.07) is 0. The van der Waals surface area contributed by atoms with E-state index in [1.807, 2.05) is 0 Å². The SMILES string of the molecule is OC1([SiH3])CCCCO1.[NaH]. The summed E-state index contributed by atoms with van der Waals surface area (Å²) >= 11 is 0. The molecular weight excluding hydrogens is 143 g/mol. The molecule has 50 valence electrons. The van der Waals surface area contributed by atoms with Crippen LogP contribution in [-0.4, -0.2) is 56.9 Å². The van der Waals surface area contributed by atoms with Gasteiger partial charge in [-0.2, -0.15) is 0 Å². The van der Waals surface area contributed by atoms with Gasteiger partial charge < -0.3 is 9.84 Å². The third-order valence-electron chi connectivity index (χ3n) is 1.45. The average molecular weight is 156 g/mol. The first kappa shape index (κ1) is 10.1. The van der Waals surface area contributed by atoms with Gasteiger partial charge in [-0.25, -0.2) is 0 Å². The zero-order valence-electron chi connectivity index (χ0n) is 5.18. The van der Waals surface area contributed by atoms with Crippen molar-refractivity contribution in [1.82, 2.24) is 0 Å². The van der Waals surface area contributed by atoms with Crippen LogP contribution >= 0.6 is 0 Å². The quantitative estimate of drug-likeness (QED) is 0.435. The van der Waals surface area contributed by atoms with Crippen LogP contribution in [-0.2, 0) is 4.74 Å². The average Bonchev–Trinajstić information content (AvgIpc) is 1.65. The van der Waals surface area contributed by atoms with Gasteiger partial charge in [0.05, 0.1) is 10.2 Å². The second-order valence-electron chi connectivity index (χ2n) is 2.48. The van der Waals surface area contributed by atoms with E-state index in [0.29, 0.717) is 0 Å². The Morgan fingerprint density at radius 2 is 2.11 bits per heavy atom. The maximum absolute atomic E-state index is 9.21. The molecule has 1 rings (SSSR count). The van der Waals surface area contributed by atoms with Crippen molar-refractivity contribution in [1.29, 1.82) is 0 Å². The van der Waals surface area contributed by atoms with E-state index in [4.69, 9.17) is 4.74 Å². The molecule has 2 nitrogen and oxygen atoms in total. The molecule has 1 N–H and O–H groups in total. The van der Waals surface area contributed by atoms with Crippen LogP contribution in [0.25, 0.3) is 0 Å². The van der Waals surface area contributed by atoms with Crippen LogP contribution in [0.4, 0.5) is 0 Å². The van der Waals surface area contributed by atoms with E-state index >= 15 is 0 Å². The molecule has 4 heteroatoms. The van der Waals surface area contributed by atoms with Crippen molar-refractivity contribution in [3.63, 3.8) is 0 Å². The summed E-state index contributed by atoms with van der Waals surface area (Å²) in [4.78, 5) is 0. The van der Waals surface area contributed by atoms with Gasteiger partial charge in [-0.3, -0.25) is 0 Å². The molecule has 1 heterocycles. The van der Waals surface area contributed by atoms with Gasteiger partial charge in [0.2, 0.25) is 0 Å². The van der Waals surface area contributed by atoms with Crippen LogP contribution in [0.2, 0.25) is 0 Å². The van der Waals surface area contributed by atoms with E-state index in [2.05, 4.69) is 0 Å². The molecule has 0 aliphatic carbocycles. The molecule has 1 aliphatic heterocycles. The first-order chi connectivity index (χ1) is 3.71. The number of rotatable bonds is 0. The summed E-state index contributed by atoms with van der Waals surface area (Å²) in [5, 5.41) is 9.21. The van der Waals surface area contributed by atoms with Crippen molar-refractivity contribution in [3.8, 4) is 0 Å². The zero-order valence-corrected chi connectivity index (χ0v) is 7.18. The van der Waals surface area contributed by atoms with Gasteiger partial charge in [0.15, 0.2) is 0 Å². The fourth-order valence-corrected chi connectivity index (χ4v) is 1.48. The Kier molecular flexibility index (Phi) is 4.63. The van der Waals surface area contributed by atoms with Crippen molar-refractivity contribution in [3.05, 3.63) is 0 Å². The topological polar surface area (TPSA) is 29.5 Å². The molecule has 1 saturated heterocycles. The van der Waals surface area contributed by atoms with Crippen molar-refractivity contribution in [2.24, 2.45) is 0 Å². The third-order valence-corrected chi connectivity index (χ3v) is 2.24. The minimum atomic E-state index is -0.682. The Hall–Kier alpha value is 1.14. The minimum absolute atomic E-state index is 0. The summed E-state index contributed by atoms with van der Waals surface area (Å²) in [5.74, 6) is 0. The van der Waals surface area contributed by atoms with E-state index in [1.165, 1.54) is 0 Å². The molecule has 9 heavy (non-hydrogen) atoms. The third kappa shape index (κ3) is 3.75. The molecule has 0 amide bonds. The monoisotopic (exact) mass is 156 g/mol. The van der Waals surface area contributed by atoms with Crippen molar-refractivity contribution >= 4 is 39.8 Å². The second kappa shape index (κ2) is 4.11. The fourth-order valence-electron chi connectivity index (χ4n) is 0.919. The van der Waals surface area contributed by atoms with Crippen LogP contribution in [0.5, 0.6) is 0 Å². The van der Waals surface area contributed by atoms with Crippen LogP contribution in [0.3, 0.4) is 0 Å². The van der Waals surface area contributed by atoms with Gasteiger partial charge in [-0.1, -0.05) is 0 Å². The molecule has 0 aromatic rings. The van der Waals surface area contributed by atoms with E-state index in [-0.39, 0.29) is 29.6 Å². The summed E-state index contributed by atoms with van der Waals surface area (Å²) in [7, 11) is 0.743. The first-order valence-electron chi connectivity index (χ1n) is 3.07. The Morgan fingerprint density at radius 1 is 1.44 bits per heavy atom. The van der Waals surface area contributed by atoms with Gasteiger partial charge >= 0.3 is 29.6 Å². The molecule has 0 radical (unpaired) electrons. The standard InChI is InChI=1S/C5H12O2Si.Na.H/c6-5(8)3-1-2-4-7-5;;/h6H,1-4H2,8H3;;. The van der Waals surface area contributed by atoms with E-state index in [9.17, 15) is 5.11 Å². The van der Waals surface area contributed by atoms with E-state index < -0.39 is 5.41 Å². The molecule has 0 aromatic carbocycles. The van der Waals surface area contributed by atoms with Crippen molar-refractivity contribution in [2.45, 2.75) is 24.7 Å². The Bertz CT molecular complexity index is 79.0. The molecule has 0 bridgehead atoms. The van der Waals surface area contributed by atoms with Crippen LogP contribution < -0.4 is 0 Å². The van der Waals surface area contributed by atoms with Gasteiger partial charge in [0.1, 0.15) is 5.41 Å². The zero-order chi connectivity index (χ0) is 6.04. The summed E-state index contributed by atoms with van der Waals surface area (Å²) in [6.45, 7) is 0.750. The van der Waals surface area contributed by atoms with Crippen molar-refractivity contribution in [2.75, 3.05) is 6.61 Å². The van der Waals surface area contributed by atoms with Crippen LogP contribution in [0.15, 0.2) is 0 Å². The maximum atomic E-state index is 9.21. The molecule has 1 atom stereocenters. The van der Waals surface area contributed by atoms with Crippen LogP contribution in [0, 0.1) is 0 Å². The molecular formula is C5H13NaO2Si. The molecule has 1 aliphatic rings. The number of hydrogen-bond donors (Lipinski definition) is 1. The van der Waals surface area contributed by atoms with Gasteiger partial charge in [-0.15, -0.1) is 0 Å². The molecule has 0 saturated carbocycles. The van der Waals surface area contributed by atoms with Crippen molar-refractivity contribution < 1.29 is 9.84 Å².